The van der Waals surface area contributed by atoms with Crippen molar-refractivity contribution in [2.45, 2.75) is 50.6 Å². The Bertz CT molecular complexity index is 1590. The highest BCUT2D eigenvalue weighted by Gasteiger charge is 2.34. The molecule has 7 rings (SSSR count). The number of halogens is 1. The summed E-state index contributed by atoms with van der Waals surface area (Å²) in [4.78, 5) is 17.1. The van der Waals surface area contributed by atoms with E-state index in [1.807, 2.05) is 12.1 Å². The fourth-order valence-corrected chi connectivity index (χ4v) is 7.41. The lowest BCUT2D eigenvalue weighted by Crippen LogP contribution is -2.47. The third-order valence-corrected chi connectivity index (χ3v) is 10.2. The molecular weight excluding hydrogens is 598 g/mol. The van der Waals surface area contributed by atoms with Gasteiger partial charge < -0.3 is 25.3 Å². The van der Waals surface area contributed by atoms with E-state index in [1.54, 1.807) is 0 Å². The Morgan fingerprint density at radius 2 is 1.33 bits per heavy atom. The number of piperazine rings is 1. The molecule has 0 amide bonds. The minimum atomic E-state index is 0.0300. The molecule has 3 heterocycles. The monoisotopic (exact) mass is 637 g/mol. The smallest absolute Gasteiger partial charge is 0.232 e. The molecule has 0 radical (unpaired) electrons. The van der Waals surface area contributed by atoms with E-state index in [1.165, 1.54) is 41.6 Å². The number of aromatic nitrogens is 2. The van der Waals surface area contributed by atoms with Crippen molar-refractivity contribution in [1.29, 1.82) is 0 Å². The van der Waals surface area contributed by atoms with E-state index in [-0.39, 0.29) is 5.41 Å². The molecule has 3 aromatic carbocycles. The Morgan fingerprint density at radius 3 is 2.00 bits per heavy atom. The second-order valence-corrected chi connectivity index (χ2v) is 13.3. The standard InChI is InChI=1S/C36H40ClN7S/c37-30-15-13-29(14-16-30)36(17-7-2-8-18-36)26-38-35(45)41-34-39-32(43-21-19-42(20-22-43)31-11-3-1-4-12-31)23-33(40-34)44-24-27-9-5-6-10-28(27)25-44/h1,3-6,9-16,23H,2,7-8,17-22,24-26H2,(H2,38,39,40,41,45). The average molecular weight is 638 g/mol. The first-order valence-corrected chi connectivity index (χ1v) is 16.9. The van der Waals surface area contributed by atoms with Crippen molar-refractivity contribution in [2.75, 3.05) is 52.7 Å². The lowest BCUT2D eigenvalue weighted by atomic mass is 9.69. The van der Waals surface area contributed by atoms with E-state index in [0.29, 0.717) is 11.1 Å². The highest BCUT2D eigenvalue weighted by atomic mass is 35.5. The summed E-state index contributed by atoms with van der Waals surface area (Å²) >= 11 is 12.1. The van der Waals surface area contributed by atoms with Gasteiger partial charge in [0.2, 0.25) is 5.95 Å². The fourth-order valence-electron chi connectivity index (χ4n) is 7.12. The molecule has 2 aliphatic heterocycles. The van der Waals surface area contributed by atoms with Crippen LogP contribution in [0, 0.1) is 0 Å². The zero-order valence-electron chi connectivity index (χ0n) is 25.6. The molecule has 1 aliphatic carbocycles. The third kappa shape index (κ3) is 6.72. The maximum absolute atomic E-state index is 6.23. The highest BCUT2D eigenvalue weighted by Crippen LogP contribution is 2.39. The van der Waals surface area contributed by atoms with Gasteiger partial charge in [0.25, 0.3) is 0 Å². The third-order valence-electron chi connectivity index (χ3n) is 9.67. The molecular formula is C36H40ClN7S. The molecule has 232 valence electrons. The van der Waals surface area contributed by atoms with E-state index in [2.05, 4.69) is 98.1 Å². The first-order chi connectivity index (χ1) is 22.0. The van der Waals surface area contributed by atoms with Crippen LogP contribution in [-0.2, 0) is 18.5 Å². The van der Waals surface area contributed by atoms with Crippen molar-refractivity contribution >= 4 is 52.2 Å². The number of hydrogen-bond acceptors (Lipinski definition) is 6. The lowest BCUT2D eigenvalue weighted by molar-refractivity contribution is 0.292. The maximum Gasteiger partial charge on any atom is 0.232 e. The van der Waals surface area contributed by atoms with Gasteiger partial charge in [-0.25, -0.2) is 0 Å². The van der Waals surface area contributed by atoms with Crippen LogP contribution in [0.5, 0.6) is 0 Å². The average Bonchev–Trinajstić information content (AvgIpc) is 3.53. The summed E-state index contributed by atoms with van der Waals surface area (Å²) in [5, 5.41) is 8.25. The zero-order valence-corrected chi connectivity index (χ0v) is 27.2. The molecule has 7 nitrogen and oxygen atoms in total. The summed E-state index contributed by atoms with van der Waals surface area (Å²) in [6.45, 7) is 6.08. The minimum Gasteiger partial charge on any atom is -0.368 e. The Morgan fingerprint density at radius 1 is 0.733 bits per heavy atom. The largest absolute Gasteiger partial charge is 0.368 e. The molecule has 3 aliphatic rings. The van der Waals surface area contributed by atoms with Gasteiger partial charge in [-0.15, -0.1) is 0 Å². The second-order valence-electron chi connectivity index (χ2n) is 12.5. The highest BCUT2D eigenvalue weighted by molar-refractivity contribution is 7.80. The molecule has 45 heavy (non-hydrogen) atoms. The number of para-hydroxylation sites is 1. The van der Waals surface area contributed by atoms with Crippen LogP contribution in [0.4, 0.5) is 23.3 Å². The van der Waals surface area contributed by atoms with Crippen molar-refractivity contribution in [3.63, 3.8) is 0 Å². The molecule has 0 bridgehead atoms. The van der Waals surface area contributed by atoms with Gasteiger partial charge in [-0.2, -0.15) is 9.97 Å². The van der Waals surface area contributed by atoms with Gasteiger partial charge in [0, 0.05) is 68.0 Å². The van der Waals surface area contributed by atoms with Crippen molar-refractivity contribution in [3.05, 3.63) is 107 Å². The maximum atomic E-state index is 6.23. The van der Waals surface area contributed by atoms with E-state index in [0.717, 1.165) is 75.3 Å². The summed E-state index contributed by atoms with van der Waals surface area (Å²) in [6.07, 6.45) is 5.97. The summed E-state index contributed by atoms with van der Waals surface area (Å²) in [5.41, 5.74) is 5.32. The van der Waals surface area contributed by atoms with Gasteiger partial charge in [-0.3, -0.25) is 0 Å². The van der Waals surface area contributed by atoms with E-state index in [4.69, 9.17) is 33.8 Å². The van der Waals surface area contributed by atoms with Gasteiger partial charge in [0.05, 0.1) is 0 Å². The Kier molecular flexibility index (Phi) is 8.77. The van der Waals surface area contributed by atoms with Crippen LogP contribution in [0.25, 0.3) is 0 Å². The molecule has 0 spiro atoms. The van der Waals surface area contributed by atoms with E-state index >= 15 is 0 Å². The predicted molar refractivity (Wildman–Crippen MR) is 190 cm³/mol. The van der Waals surface area contributed by atoms with Crippen molar-refractivity contribution in [1.82, 2.24) is 15.3 Å². The molecule has 0 unspecified atom stereocenters. The van der Waals surface area contributed by atoms with Gasteiger partial charge in [0.15, 0.2) is 5.11 Å². The Labute approximate surface area is 276 Å². The number of hydrogen-bond donors (Lipinski definition) is 2. The SMILES string of the molecule is S=C(NCC1(c2ccc(Cl)cc2)CCCCC1)Nc1nc(N2CCN(c3ccccc3)CC2)cc(N2Cc3ccccc3C2)n1. The summed E-state index contributed by atoms with van der Waals surface area (Å²) in [5.74, 6) is 2.38. The fraction of sp³-hybridized carbons (Fsp3) is 0.361. The van der Waals surface area contributed by atoms with Gasteiger partial charge in [0.1, 0.15) is 11.6 Å². The lowest BCUT2D eigenvalue weighted by Gasteiger charge is -2.38. The Hall–Kier alpha value is -3.88. The minimum absolute atomic E-state index is 0.0300. The molecule has 1 saturated carbocycles. The normalized spacial score (nSPS) is 17.6. The number of fused-ring (bicyclic) bond motifs is 1. The zero-order chi connectivity index (χ0) is 30.6. The first-order valence-electron chi connectivity index (χ1n) is 16.1. The van der Waals surface area contributed by atoms with Crippen LogP contribution in [0.1, 0.15) is 48.8 Å². The molecule has 0 atom stereocenters. The van der Waals surface area contributed by atoms with Crippen molar-refractivity contribution in [3.8, 4) is 0 Å². The molecule has 9 heteroatoms. The van der Waals surface area contributed by atoms with Crippen LogP contribution >= 0.6 is 23.8 Å². The summed E-state index contributed by atoms with van der Waals surface area (Å²) < 4.78 is 0. The van der Waals surface area contributed by atoms with Crippen LogP contribution in [0.2, 0.25) is 5.02 Å². The molecule has 1 aromatic heterocycles. The quantitative estimate of drug-likeness (QED) is 0.207. The van der Waals surface area contributed by atoms with E-state index in [9.17, 15) is 0 Å². The number of benzene rings is 3. The number of nitrogens with zero attached hydrogens (tertiary/aromatic N) is 5. The second kappa shape index (κ2) is 13.2. The molecule has 1 saturated heterocycles. The molecule has 2 fully saturated rings. The molecule has 2 N–H and O–H groups in total. The summed E-state index contributed by atoms with van der Waals surface area (Å²) in [6, 6.07) is 29.8. The van der Waals surface area contributed by atoms with Gasteiger partial charge in [-0.1, -0.05) is 85.5 Å². The number of nitrogens with one attached hydrogen (secondary N) is 2. The van der Waals surface area contributed by atoms with Crippen molar-refractivity contribution < 1.29 is 0 Å². The van der Waals surface area contributed by atoms with Gasteiger partial charge >= 0.3 is 0 Å². The predicted octanol–water partition coefficient (Wildman–Crippen LogP) is 7.17. The summed E-state index contributed by atoms with van der Waals surface area (Å²) in [7, 11) is 0. The molecule has 4 aromatic rings. The number of rotatable bonds is 7. The van der Waals surface area contributed by atoms with E-state index < -0.39 is 0 Å². The van der Waals surface area contributed by atoms with Crippen LogP contribution in [0.15, 0.2) is 84.9 Å². The van der Waals surface area contributed by atoms with Crippen molar-refractivity contribution in [2.24, 2.45) is 0 Å². The first kappa shape index (κ1) is 29.8. The van der Waals surface area contributed by atoms with Crippen LogP contribution in [-0.4, -0.2) is 47.8 Å². The number of thiocarbonyl (C=S) groups is 1. The van der Waals surface area contributed by atoms with Gasteiger partial charge in [-0.05, 0) is 66.0 Å². The Balaban J connectivity index is 1.09. The van der Waals surface area contributed by atoms with Crippen LogP contribution in [0.3, 0.4) is 0 Å². The van der Waals surface area contributed by atoms with Crippen LogP contribution < -0.4 is 25.3 Å². The topological polar surface area (TPSA) is 59.6 Å². The number of anilines is 4.